The van der Waals surface area contributed by atoms with E-state index >= 15 is 0 Å². The lowest BCUT2D eigenvalue weighted by molar-refractivity contribution is -0.121. The molecule has 2 amide bonds. The van der Waals surface area contributed by atoms with Crippen molar-refractivity contribution in [1.82, 2.24) is 4.90 Å². The highest BCUT2D eigenvalue weighted by Crippen LogP contribution is 2.31. The van der Waals surface area contributed by atoms with Gasteiger partial charge in [0.2, 0.25) is 11.8 Å². The molecule has 0 radical (unpaired) electrons. The van der Waals surface area contributed by atoms with Crippen LogP contribution in [-0.4, -0.2) is 42.9 Å². The molecule has 0 bridgehead atoms. The standard InChI is InChI=1S/C20H22ClN3O2/c1-14-11-15-7-3-6-10-18(15)24(14)20(26)13-23(2)12-19(25)22-17-9-5-4-8-16(17)21/h3-10,14H,11-13H2,1-2H3,(H,22,25)/t14-/m1/s1. The maximum absolute atomic E-state index is 12.8. The predicted molar refractivity (Wildman–Crippen MR) is 105 cm³/mol. The molecule has 1 aliphatic heterocycles. The molecule has 0 unspecified atom stereocenters. The maximum Gasteiger partial charge on any atom is 0.241 e. The smallest absolute Gasteiger partial charge is 0.241 e. The Morgan fingerprint density at radius 1 is 1.15 bits per heavy atom. The Bertz CT molecular complexity index is 824. The van der Waals surface area contributed by atoms with Crippen LogP contribution in [0.3, 0.4) is 0 Å². The number of nitrogens with zero attached hydrogens (tertiary/aromatic N) is 2. The highest BCUT2D eigenvalue weighted by Gasteiger charge is 2.30. The highest BCUT2D eigenvalue weighted by molar-refractivity contribution is 6.33. The molecular weight excluding hydrogens is 350 g/mol. The van der Waals surface area contributed by atoms with Gasteiger partial charge < -0.3 is 10.2 Å². The molecule has 2 aromatic rings. The first-order chi connectivity index (χ1) is 12.5. The second kappa shape index (κ2) is 7.89. The highest BCUT2D eigenvalue weighted by atomic mass is 35.5. The summed E-state index contributed by atoms with van der Waals surface area (Å²) in [5.41, 5.74) is 2.73. The van der Waals surface area contributed by atoms with Crippen molar-refractivity contribution < 1.29 is 9.59 Å². The lowest BCUT2D eigenvalue weighted by atomic mass is 10.1. The first kappa shape index (κ1) is 18.4. The molecule has 1 atom stereocenters. The van der Waals surface area contributed by atoms with Crippen molar-refractivity contribution in [3.05, 3.63) is 59.1 Å². The second-order valence-corrected chi connectivity index (χ2v) is 7.05. The van der Waals surface area contributed by atoms with Gasteiger partial charge >= 0.3 is 0 Å². The summed E-state index contributed by atoms with van der Waals surface area (Å²) < 4.78 is 0. The Morgan fingerprint density at radius 2 is 1.85 bits per heavy atom. The number of halogens is 1. The van der Waals surface area contributed by atoms with Crippen LogP contribution >= 0.6 is 11.6 Å². The zero-order valence-electron chi connectivity index (χ0n) is 14.9. The molecule has 0 aliphatic carbocycles. The first-order valence-electron chi connectivity index (χ1n) is 8.58. The lowest BCUT2D eigenvalue weighted by Crippen LogP contribution is -2.43. The van der Waals surface area contributed by atoms with Crippen LogP contribution in [0.5, 0.6) is 0 Å². The third kappa shape index (κ3) is 4.06. The summed E-state index contributed by atoms with van der Waals surface area (Å²) in [6, 6.07) is 15.2. The van der Waals surface area contributed by atoms with Gasteiger partial charge in [-0.3, -0.25) is 14.5 Å². The van der Waals surface area contributed by atoms with E-state index in [0.29, 0.717) is 10.7 Å². The van der Waals surface area contributed by atoms with Crippen molar-refractivity contribution in [1.29, 1.82) is 0 Å². The summed E-state index contributed by atoms with van der Waals surface area (Å²) in [6.07, 6.45) is 0.860. The molecule has 26 heavy (non-hydrogen) atoms. The van der Waals surface area contributed by atoms with E-state index in [-0.39, 0.29) is 30.9 Å². The van der Waals surface area contributed by atoms with E-state index in [4.69, 9.17) is 11.6 Å². The van der Waals surface area contributed by atoms with Crippen molar-refractivity contribution in [2.45, 2.75) is 19.4 Å². The number of anilines is 2. The average Bonchev–Trinajstić information content (AvgIpc) is 2.92. The molecule has 0 aromatic heterocycles. The molecule has 0 saturated carbocycles. The van der Waals surface area contributed by atoms with Gasteiger partial charge in [0.1, 0.15) is 0 Å². The fraction of sp³-hybridized carbons (Fsp3) is 0.300. The Labute approximate surface area is 158 Å². The van der Waals surface area contributed by atoms with Gasteiger partial charge in [-0.25, -0.2) is 0 Å². The molecule has 1 aliphatic rings. The van der Waals surface area contributed by atoms with E-state index in [0.717, 1.165) is 12.1 Å². The van der Waals surface area contributed by atoms with Crippen LogP contribution in [-0.2, 0) is 16.0 Å². The monoisotopic (exact) mass is 371 g/mol. The van der Waals surface area contributed by atoms with Crippen molar-refractivity contribution in [2.24, 2.45) is 0 Å². The molecule has 6 heteroatoms. The third-order valence-corrected chi connectivity index (χ3v) is 4.77. The van der Waals surface area contributed by atoms with Crippen LogP contribution in [0.4, 0.5) is 11.4 Å². The van der Waals surface area contributed by atoms with E-state index in [2.05, 4.69) is 11.4 Å². The number of nitrogens with one attached hydrogen (secondary N) is 1. The molecule has 0 spiro atoms. The Hall–Kier alpha value is -2.37. The summed E-state index contributed by atoms with van der Waals surface area (Å²) in [7, 11) is 1.76. The zero-order valence-corrected chi connectivity index (χ0v) is 15.7. The Balaban J connectivity index is 1.58. The average molecular weight is 372 g/mol. The number of para-hydroxylation sites is 2. The van der Waals surface area contributed by atoms with Gasteiger partial charge in [-0.05, 0) is 44.2 Å². The molecule has 0 saturated heterocycles. The van der Waals surface area contributed by atoms with Crippen LogP contribution in [0.15, 0.2) is 48.5 Å². The number of hydrogen-bond acceptors (Lipinski definition) is 3. The quantitative estimate of drug-likeness (QED) is 0.878. The maximum atomic E-state index is 12.8. The van der Waals surface area contributed by atoms with E-state index in [9.17, 15) is 9.59 Å². The van der Waals surface area contributed by atoms with E-state index < -0.39 is 0 Å². The van der Waals surface area contributed by atoms with E-state index in [1.165, 1.54) is 5.56 Å². The topological polar surface area (TPSA) is 52.7 Å². The number of hydrogen-bond donors (Lipinski definition) is 1. The van der Waals surface area contributed by atoms with E-state index in [1.807, 2.05) is 30.0 Å². The fourth-order valence-corrected chi connectivity index (χ4v) is 3.49. The molecular formula is C20H22ClN3O2. The molecule has 1 N–H and O–H groups in total. The van der Waals surface area contributed by atoms with Crippen LogP contribution < -0.4 is 10.2 Å². The number of benzene rings is 2. The largest absolute Gasteiger partial charge is 0.324 e. The van der Waals surface area contributed by atoms with Crippen LogP contribution in [0.2, 0.25) is 5.02 Å². The molecule has 2 aromatic carbocycles. The lowest BCUT2D eigenvalue weighted by Gasteiger charge is -2.25. The fourth-order valence-electron chi connectivity index (χ4n) is 3.31. The van der Waals surface area contributed by atoms with Gasteiger partial charge in [-0.1, -0.05) is 41.9 Å². The van der Waals surface area contributed by atoms with Crippen molar-refractivity contribution in [3.63, 3.8) is 0 Å². The Kier molecular flexibility index (Phi) is 5.59. The summed E-state index contributed by atoms with van der Waals surface area (Å²) in [6.45, 7) is 2.33. The number of amides is 2. The van der Waals surface area contributed by atoms with Gasteiger partial charge in [-0.15, -0.1) is 0 Å². The third-order valence-electron chi connectivity index (χ3n) is 4.44. The summed E-state index contributed by atoms with van der Waals surface area (Å²) in [5, 5.41) is 3.26. The number of rotatable bonds is 5. The minimum atomic E-state index is -0.205. The van der Waals surface area contributed by atoms with Crippen molar-refractivity contribution >= 4 is 34.8 Å². The predicted octanol–water partition coefficient (Wildman–Crippen LogP) is 3.19. The SMILES string of the molecule is C[C@@H]1Cc2ccccc2N1C(=O)CN(C)CC(=O)Nc1ccccc1Cl. The van der Waals surface area contributed by atoms with Gasteiger partial charge in [0, 0.05) is 11.7 Å². The first-order valence-corrected chi connectivity index (χ1v) is 8.96. The van der Waals surface area contributed by atoms with Gasteiger partial charge in [0.05, 0.1) is 23.8 Å². The van der Waals surface area contributed by atoms with E-state index in [1.54, 1.807) is 36.2 Å². The molecule has 1 heterocycles. The van der Waals surface area contributed by atoms with Gasteiger partial charge in [0.15, 0.2) is 0 Å². The molecule has 5 nitrogen and oxygen atoms in total. The summed E-state index contributed by atoms with van der Waals surface area (Å²) in [4.78, 5) is 28.5. The number of likely N-dealkylation sites (N-methyl/N-ethyl adjacent to an activating group) is 1. The van der Waals surface area contributed by atoms with Gasteiger partial charge in [-0.2, -0.15) is 0 Å². The van der Waals surface area contributed by atoms with Gasteiger partial charge in [0.25, 0.3) is 0 Å². The van der Waals surface area contributed by atoms with Crippen LogP contribution in [0, 0.1) is 0 Å². The van der Waals surface area contributed by atoms with Crippen molar-refractivity contribution in [3.8, 4) is 0 Å². The second-order valence-electron chi connectivity index (χ2n) is 6.65. The normalized spacial score (nSPS) is 15.8. The number of carbonyl (C=O) groups is 2. The number of fused-ring (bicyclic) bond motifs is 1. The number of carbonyl (C=O) groups excluding carboxylic acids is 2. The molecule has 0 fully saturated rings. The van der Waals surface area contributed by atoms with Crippen molar-refractivity contribution in [2.75, 3.05) is 30.4 Å². The van der Waals surface area contributed by atoms with Crippen LogP contribution in [0.1, 0.15) is 12.5 Å². The molecule has 3 rings (SSSR count). The van der Waals surface area contributed by atoms with Crippen LogP contribution in [0.25, 0.3) is 0 Å². The Morgan fingerprint density at radius 3 is 2.62 bits per heavy atom. The summed E-state index contributed by atoms with van der Waals surface area (Å²) in [5.74, 6) is -0.209. The zero-order chi connectivity index (χ0) is 18.7. The molecule has 136 valence electrons. The summed E-state index contributed by atoms with van der Waals surface area (Å²) >= 11 is 6.05. The minimum absolute atomic E-state index is 0.00417. The minimum Gasteiger partial charge on any atom is -0.324 e.